The van der Waals surface area contributed by atoms with Gasteiger partial charge in [0.05, 0.1) is 0 Å². The highest BCUT2D eigenvalue weighted by Crippen LogP contribution is 2.03. The molecule has 1 rings (SSSR count). The Morgan fingerprint density at radius 2 is 1.72 bits per heavy atom. The van der Waals surface area contributed by atoms with Crippen LogP contribution in [-0.4, -0.2) is 34.2 Å². The molecule has 6 heteroatoms. The van der Waals surface area contributed by atoms with E-state index in [1.165, 1.54) is 6.92 Å². The lowest BCUT2D eigenvalue weighted by Crippen LogP contribution is -2.52. The van der Waals surface area contributed by atoms with E-state index in [4.69, 9.17) is 10.2 Å². The number of hydrogen-bond acceptors (Lipinski definition) is 4. The van der Waals surface area contributed by atoms with E-state index in [1.54, 1.807) is 0 Å². The molecule has 1 aromatic rings. The first-order valence-electron chi connectivity index (χ1n) is 5.51. The molecule has 0 bridgehead atoms. The molecular weight excluding hydrogens is 236 g/mol. The van der Waals surface area contributed by atoms with Crippen LogP contribution < -0.4 is 10.9 Å². The number of rotatable bonds is 7. The third-order valence-corrected chi connectivity index (χ3v) is 2.43. The highest BCUT2D eigenvalue weighted by Gasteiger charge is 2.19. The van der Waals surface area contributed by atoms with Crippen molar-refractivity contribution in [3.05, 3.63) is 35.9 Å². The molecule has 4 N–H and O–H groups in total. The second-order valence-corrected chi connectivity index (χ2v) is 3.93. The lowest BCUT2D eigenvalue weighted by atomic mass is 10.1. The van der Waals surface area contributed by atoms with Gasteiger partial charge in [0.1, 0.15) is 12.1 Å². The lowest BCUT2D eigenvalue weighted by molar-refractivity contribution is -0.142. The molecule has 2 atom stereocenters. The van der Waals surface area contributed by atoms with E-state index < -0.39 is 24.0 Å². The van der Waals surface area contributed by atoms with E-state index in [0.29, 0.717) is 0 Å². The zero-order valence-corrected chi connectivity index (χ0v) is 9.96. The summed E-state index contributed by atoms with van der Waals surface area (Å²) in [6.07, 6.45) is 0.273. The number of carboxylic acid groups (broad SMARTS) is 2. The van der Waals surface area contributed by atoms with Crippen molar-refractivity contribution < 1.29 is 19.8 Å². The Morgan fingerprint density at radius 3 is 2.22 bits per heavy atom. The fourth-order valence-electron chi connectivity index (χ4n) is 1.34. The number of hydrogen-bond donors (Lipinski definition) is 4. The van der Waals surface area contributed by atoms with E-state index >= 15 is 0 Å². The van der Waals surface area contributed by atoms with Gasteiger partial charge >= 0.3 is 11.9 Å². The molecule has 0 amide bonds. The maximum Gasteiger partial charge on any atom is 0.322 e. The smallest absolute Gasteiger partial charge is 0.322 e. The van der Waals surface area contributed by atoms with Crippen molar-refractivity contribution in [3.63, 3.8) is 0 Å². The maximum atomic E-state index is 11.0. The molecule has 0 aromatic heterocycles. The molecule has 0 aliphatic heterocycles. The minimum atomic E-state index is -1.05. The highest BCUT2D eigenvalue weighted by molar-refractivity contribution is 5.74. The number of carbonyl (C=O) groups is 2. The van der Waals surface area contributed by atoms with Gasteiger partial charge < -0.3 is 10.2 Å². The van der Waals surface area contributed by atoms with Crippen LogP contribution >= 0.6 is 0 Å². The Hall–Kier alpha value is -1.92. The quantitative estimate of drug-likeness (QED) is 0.519. The average molecular weight is 252 g/mol. The number of hydrazine groups is 1. The van der Waals surface area contributed by atoms with Gasteiger partial charge in [-0.15, -0.1) is 0 Å². The Bertz CT molecular complexity index is 408. The summed E-state index contributed by atoms with van der Waals surface area (Å²) < 4.78 is 0. The van der Waals surface area contributed by atoms with Gasteiger partial charge in [0, 0.05) is 0 Å². The second-order valence-electron chi connectivity index (χ2n) is 3.93. The van der Waals surface area contributed by atoms with Crippen LogP contribution in [0, 0.1) is 0 Å². The van der Waals surface area contributed by atoms with Gasteiger partial charge in [-0.1, -0.05) is 30.3 Å². The number of nitrogens with one attached hydrogen (secondary N) is 2. The molecule has 98 valence electrons. The number of carboxylic acids is 2. The fraction of sp³-hybridized carbons (Fsp3) is 0.333. The van der Waals surface area contributed by atoms with E-state index in [9.17, 15) is 9.59 Å². The average Bonchev–Trinajstić information content (AvgIpc) is 2.34. The van der Waals surface area contributed by atoms with Gasteiger partial charge in [-0.25, -0.2) is 10.9 Å². The zero-order chi connectivity index (χ0) is 13.5. The predicted molar refractivity (Wildman–Crippen MR) is 64.9 cm³/mol. The van der Waals surface area contributed by atoms with Crippen molar-refractivity contribution in [2.75, 3.05) is 0 Å². The first kappa shape index (κ1) is 14.1. The summed E-state index contributed by atoms with van der Waals surface area (Å²) in [5.41, 5.74) is 5.83. The molecule has 0 heterocycles. The molecule has 0 aliphatic carbocycles. The highest BCUT2D eigenvalue weighted by atomic mass is 16.4. The van der Waals surface area contributed by atoms with Crippen LogP contribution in [0.25, 0.3) is 0 Å². The molecule has 0 radical (unpaired) electrons. The summed E-state index contributed by atoms with van der Waals surface area (Å²) >= 11 is 0. The monoisotopic (exact) mass is 252 g/mol. The first-order chi connectivity index (χ1) is 8.50. The molecule has 6 nitrogen and oxygen atoms in total. The second kappa shape index (κ2) is 6.73. The SMILES string of the molecule is C[C@H](NN[C@@H](Cc1ccccc1)C(=O)O)C(=O)O. The Morgan fingerprint density at radius 1 is 1.11 bits per heavy atom. The van der Waals surface area contributed by atoms with Crippen LogP contribution in [0.3, 0.4) is 0 Å². The maximum absolute atomic E-state index is 11.0. The number of aliphatic carboxylic acids is 2. The third kappa shape index (κ3) is 4.52. The number of benzene rings is 1. The Balaban J connectivity index is 2.56. The van der Waals surface area contributed by atoms with Gasteiger partial charge in [0.25, 0.3) is 0 Å². The molecule has 0 spiro atoms. The van der Waals surface area contributed by atoms with Crippen molar-refractivity contribution in [2.45, 2.75) is 25.4 Å². The molecule has 0 saturated heterocycles. The van der Waals surface area contributed by atoms with Crippen LogP contribution in [0.15, 0.2) is 30.3 Å². The summed E-state index contributed by atoms with van der Waals surface area (Å²) in [5.74, 6) is -2.09. The molecular formula is C12H16N2O4. The van der Waals surface area contributed by atoms with Gasteiger partial charge in [-0.3, -0.25) is 9.59 Å². The van der Waals surface area contributed by atoms with Crippen molar-refractivity contribution in [2.24, 2.45) is 0 Å². The first-order valence-corrected chi connectivity index (χ1v) is 5.51. The minimum absolute atomic E-state index is 0.273. The molecule has 1 aromatic carbocycles. The fourth-order valence-corrected chi connectivity index (χ4v) is 1.34. The van der Waals surface area contributed by atoms with Crippen molar-refractivity contribution >= 4 is 11.9 Å². The van der Waals surface area contributed by atoms with Gasteiger partial charge in [-0.05, 0) is 18.9 Å². The molecule has 0 fully saturated rings. The van der Waals surface area contributed by atoms with E-state index in [0.717, 1.165) is 5.56 Å². The standard InChI is InChI=1S/C12H16N2O4/c1-8(11(15)16)13-14-10(12(17)18)7-9-5-3-2-4-6-9/h2-6,8,10,13-14H,7H2,1H3,(H,15,16)(H,17,18)/t8-,10-/m0/s1. The van der Waals surface area contributed by atoms with E-state index in [-0.39, 0.29) is 6.42 Å². The third-order valence-electron chi connectivity index (χ3n) is 2.43. The zero-order valence-electron chi connectivity index (χ0n) is 9.96. The minimum Gasteiger partial charge on any atom is -0.480 e. The largest absolute Gasteiger partial charge is 0.480 e. The topological polar surface area (TPSA) is 98.7 Å². The van der Waals surface area contributed by atoms with Crippen LogP contribution in [-0.2, 0) is 16.0 Å². The Kier molecular flexibility index (Phi) is 5.29. The van der Waals surface area contributed by atoms with Crippen LogP contribution in [0.1, 0.15) is 12.5 Å². The van der Waals surface area contributed by atoms with Crippen LogP contribution in [0.4, 0.5) is 0 Å². The van der Waals surface area contributed by atoms with Crippen molar-refractivity contribution in [3.8, 4) is 0 Å². The van der Waals surface area contributed by atoms with E-state index in [2.05, 4.69) is 10.9 Å². The van der Waals surface area contributed by atoms with Gasteiger partial charge in [0.15, 0.2) is 0 Å². The molecule has 0 unspecified atom stereocenters. The van der Waals surface area contributed by atoms with Crippen molar-refractivity contribution in [1.29, 1.82) is 0 Å². The van der Waals surface area contributed by atoms with Crippen LogP contribution in [0.5, 0.6) is 0 Å². The normalized spacial score (nSPS) is 13.8. The van der Waals surface area contributed by atoms with Crippen molar-refractivity contribution in [1.82, 2.24) is 10.9 Å². The predicted octanol–water partition coefficient (Wildman–Crippen LogP) is 0.250. The Labute approximate surface area is 105 Å². The molecule has 18 heavy (non-hydrogen) atoms. The summed E-state index contributed by atoms with van der Waals surface area (Å²) in [7, 11) is 0. The summed E-state index contributed by atoms with van der Waals surface area (Å²) in [6.45, 7) is 1.43. The summed E-state index contributed by atoms with van der Waals surface area (Å²) in [6, 6.07) is 7.38. The molecule has 0 saturated carbocycles. The van der Waals surface area contributed by atoms with Gasteiger partial charge in [0.2, 0.25) is 0 Å². The summed E-state index contributed by atoms with van der Waals surface area (Å²) in [5, 5.41) is 17.7. The molecule has 0 aliphatic rings. The van der Waals surface area contributed by atoms with Crippen LogP contribution in [0.2, 0.25) is 0 Å². The summed E-state index contributed by atoms with van der Waals surface area (Å²) in [4.78, 5) is 21.6. The lowest BCUT2D eigenvalue weighted by Gasteiger charge is -2.17. The van der Waals surface area contributed by atoms with E-state index in [1.807, 2.05) is 30.3 Å². The van der Waals surface area contributed by atoms with Gasteiger partial charge in [-0.2, -0.15) is 0 Å².